The van der Waals surface area contributed by atoms with Gasteiger partial charge >= 0.3 is 0 Å². The van der Waals surface area contributed by atoms with Gasteiger partial charge in [0.15, 0.2) is 0 Å². The van der Waals surface area contributed by atoms with Gasteiger partial charge in [0, 0.05) is 12.4 Å². The molecule has 0 saturated heterocycles. The summed E-state index contributed by atoms with van der Waals surface area (Å²) >= 11 is 0. The summed E-state index contributed by atoms with van der Waals surface area (Å²) in [6, 6.07) is 12.5. The average molecular weight is 209 g/mol. The summed E-state index contributed by atoms with van der Waals surface area (Å²) in [5.41, 5.74) is 3.64. The van der Waals surface area contributed by atoms with Crippen LogP contribution in [0.1, 0.15) is 23.6 Å². The second-order valence-electron chi connectivity index (χ2n) is 3.72. The predicted octanol–water partition coefficient (Wildman–Crippen LogP) is 3.81. The maximum absolute atomic E-state index is 4.22. The molecule has 1 heterocycles. The molecule has 2 aromatic rings. The molecule has 2 rings (SSSR count). The van der Waals surface area contributed by atoms with Crippen LogP contribution >= 0.6 is 0 Å². The van der Waals surface area contributed by atoms with E-state index in [-0.39, 0.29) is 0 Å². The topological polar surface area (TPSA) is 12.9 Å². The Labute approximate surface area is 96.5 Å². The number of pyridine rings is 1. The minimum Gasteiger partial charge on any atom is -0.264 e. The van der Waals surface area contributed by atoms with Gasteiger partial charge in [-0.15, -0.1) is 0 Å². The Bertz CT molecular complexity index is 472. The fraction of sp³-hybridized carbons (Fsp3) is 0.133. The summed E-state index contributed by atoms with van der Waals surface area (Å²) in [7, 11) is 0. The largest absolute Gasteiger partial charge is 0.264 e. The zero-order valence-electron chi connectivity index (χ0n) is 9.43. The highest BCUT2D eigenvalue weighted by molar-refractivity contribution is 5.69. The molecule has 1 aromatic heterocycles. The van der Waals surface area contributed by atoms with Crippen LogP contribution in [0.2, 0.25) is 0 Å². The van der Waals surface area contributed by atoms with Crippen molar-refractivity contribution in [2.75, 3.05) is 0 Å². The quantitative estimate of drug-likeness (QED) is 0.749. The third-order valence-corrected chi connectivity index (χ3v) is 2.49. The van der Waals surface area contributed by atoms with E-state index < -0.39 is 0 Å². The van der Waals surface area contributed by atoms with Crippen LogP contribution in [0.25, 0.3) is 12.2 Å². The van der Waals surface area contributed by atoms with E-state index in [1.54, 1.807) is 0 Å². The lowest BCUT2D eigenvalue weighted by Crippen LogP contribution is -1.83. The van der Waals surface area contributed by atoms with Crippen molar-refractivity contribution in [3.63, 3.8) is 0 Å². The number of aryl methyl sites for hydroxylation is 1. The Balaban J connectivity index is 2.17. The highest BCUT2D eigenvalue weighted by atomic mass is 14.6. The molecule has 0 unspecified atom stereocenters. The number of rotatable bonds is 3. The molecular formula is C15H15N. The molecule has 16 heavy (non-hydrogen) atoms. The third kappa shape index (κ3) is 2.80. The normalized spacial score (nSPS) is 10.8. The molecule has 80 valence electrons. The second-order valence-corrected chi connectivity index (χ2v) is 3.72. The minimum absolute atomic E-state index is 1.03. The molecule has 0 aliphatic carbocycles. The summed E-state index contributed by atoms with van der Waals surface area (Å²) in [5.74, 6) is 0. The lowest BCUT2D eigenvalue weighted by Gasteiger charge is -1.97. The van der Waals surface area contributed by atoms with E-state index >= 15 is 0 Å². The number of hydrogen-bond donors (Lipinski definition) is 0. The van der Waals surface area contributed by atoms with Gasteiger partial charge in [0.25, 0.3) is 0 Å². The lowest BCUT2D eigenvalue weighted by molar-refractivity contribution is 1.10. The van der Waals surface area contributed by atoms with E-state index in [9.17, 15) is 0 Å². The molecule has 0 spiro atoms. The molecule has 0 aliphatic rings. The van der Waals surface area contributed by atoms with E-state index in [4.69, 9.17) is 0 Å². The van der Waals surface area contributed by atoms with Gasteiger partial charge in [-0.2, -0.15) is 0 Å². The van der Waals surface area contributed by atoms with E-state index in [1.807, 2.05) is 30.6 Å². The van der Waals surface area contributed by atoms with Crippen LogP contribution in [0.15, 0.2) is 48.8 Å². The summed E-state index contributed by atoms with van der Waals surface area (Å²) in [6.45, 7) is 2.14. The molecule has 1 heteroatoms. The third-order valence-electron chi connectivity index (χ3n) is 2.49. The fourth-order valence-corrected chi connectivity index (χ4v) is 1.55. The van der Waals surface area contributed by atoms with Crippen molar-refractivity contribution >= 4 is 12.2 Å². The maximum atomic E-state index is 4.22. The summed E-state index contributed by atoms with van der Waals surface area (Å²) in [6.07, 6.45) is 9.04. The second kappa shape index (κ2) is 5.26. The molecule has 0 bridgehead atoms. The van der Waals surface area contributed by atoms with Gasteiger partial charge in [-0.3, -0.25) is 4.98 Å². The molecule has 0 N–H and O–H groups in total. The van der Waals surface area contributed by atoms with Gasteiger partial charge in [-0.05, 0) is 29.2 Å². The molecule has 0 aliphatic heterocycles. The summed E-state index contributed by atoms with van der Waals surface area (Å²) in [4.78, 5) is 4.22. The molecule has 1 aromatic carbocycles. The summed E-state index contributed by atoms with van der Waals surface area (Å²) in [5, 5.41) is 0. The highest BCUT2D eigenvalue weighted by Gasteiger charge is 1.91. The fourth-order valence-electron chi connectivity index (χ4n) is 1.55. The smallest absolute Gasteiger partial charge is 0.0340 e. The van der Waals surface area contributed by atoms with Crippen LogP contribution in [-0.4, -0.2) is 4.98 Å². The molecule has 0 radical (unpaired) electrons. The van der Waals surface area contributed by atoms with E-state index in [0.29, 0.717) is 0 Å². The summed E-state index contributed by atoms with van der Waals surface area (Å²) < 4.78 is 0. The van der Waals surface area contributed by atoms with Gasteiger partial charge in [0.2, 0.25) is 0 Å². The predicted molar refractivity (Wildman–Crippen MR) is 69.0 cm³/mol. The first kappa shape index (κ1) is 10.6. The maximum Gasteiger partial charge on any atom is 0.0340 e. The van der Waals surface area contributed by atoms with E-state index in [1.165, 1.54) is 11.1 Å². The Hall–Kier alpha value is -1.89. The Morgan fingerprint density at radius 1 is 1.00 bits per heavy atom. The standard InChI is InChI=1S/C15H15N/c1-2-13-10-15(12-16-11-13)9-8-14-6-4-3-5-7-14/h3-12H,2H2,1H3. The van der Waals surface area contributed by atoms with Crippen molar-refractivity contribution in [1.82, 2.24) is 4.98 Å². The zero-order valence-corrected chi connectivity index (χ0v) is 9.43. The van der Waals surface area contributed by atoms with Crippen LogP contribution in [0.3, 0.4) is 0 Å². The Kier molecular flexibility index (Phi) is 3.50. The zero-order chi connectivity index (χ0) is 11.2. The van der Waals surface area contributed by atoms with Gasteiger partial charge in [0.1, 0.15) is 0 Å². The van der Waals surface area contributed by atoms with Crippen LogP contribution in [0.4, 0.5) is 0 Å². The van der Waals surface area contributed by atoms with Crippen molar-refractivity contribution < 1.29 is 0 Å². The molecule has 1 nitrogen and oxygen atoms in total. The number of benzene rings is 1. The van der Waals surface area contributed by atoms with Gasteiger partial charge in [-0.25, -0.2) is 0 Å². The monoisotopic (exact) mass is 209 g/mol. The van der Waals surface area contributed by atoms with Crippen LogP contribution in [0.5, 0.6) is 0 Å². The number of aromatic nitrogens is 1. The first-order valence-corrected chi connectivity index (χ1v) is 5.55. The van der Waals surface area contributed by atoms with E-state index in [0.717, 1.165) is 12.0 Å². The van der Waals surface area contributed by atoms with Crippen LogP contribution < -0.4 is 0 Å². The molecule has 0 saturated carbocycles. The van der Waals surface area contributed by atoms with Gasteiger partial charge < -0.3 is 0 Å². The number of hydrogen-bond acceptors (Lipinski definition) is 1. The van der Waals surface area contributed by atoms with Crippen molar-refractivity contribution in [2.24, 2.45) is 0 Å². The Morgan fingerprint density at radius 3 is 2.50 bits per heavy atom. The van der Waals surface area contributed by atoms with Crippen LogP contribution in [0, 0.1) is 0 Å². The van der Waals surface area contributed by atoms with Crippen molar-refractivity contribution in [3.8, 4) is 0 Å². The van der Waals surface area contributed by atoms with E-state index in [2.05, 4.69) is 42.3 Å². The van der Waals surface area contributed by atoms with Gasteiger partial charge in [0.05, 0.1) is 0 Å². The molecule has 0 atom stereocenters. The van der Waals surface area contributed by atoms with Crippen molar-refractivity contribution in [3.05, 3.63) is 65.5 Å². The van der Waals surface area contributed by atoms with Crippen LogP contribution in [-0.2, 0) is 6.42 Å². The van der Waals surface area contributed by atoms with Crippen molar-refractivity contribution in [2.45, 2.75) is 13.3 Å². The lowest BCUT2D eigenvalue weighted by atomic mass is 10.1. The average Bonchev–Trinajstić information content (AvgIpc) is 2.38. The first-order valence-electron chi connectivity index (χ1n) is 5.55. The SMILES string of the molecule is CCc1cncc(C=Cc2ccccc2)c1. The molecule has 0 amide bonds. The Morgan fingerprint density at radius 2 is 1.75 bits per heavy atom. The molecule has 0 fully saturated rings. The number of nitrogens with zero attached hydrogens (tertiary/aromatic N) is 1. The first-order chi connectivity index (χ1) is 7.88. The molecular weight excluding hydrogens is 194 g/mol. The minimum atomic E-state index is 1.03. The van der Waals surface area contributed by atoms with Gasteiger partial charge in [-0.1, -0.05) is 49.4 Å². The van der Waals surface area contributed by atoms with Crippen molar-refractivity contribution in [1.29, 1.82) is 0 Å². The highest BCUT2D eigenvalue weighted by Crippen LogP contribution is 2.09.